The average molecular weight is 263 g/mol. The molecule has 1 aliphatic carbocycles. The first-order valence-corrected chi connectivity index (χ1v) is 7.31. The predicted molar refractivity (Wildman–Crippen MR) is 77.3 cm³/mol. The lowest BCUT2D eigenvalue weighted by Crippen LogP contribution is -2.34. The van der Waals surface area contributed by atoms with Crippen LogP contribution in [-0.4, -0.2) is 17.3 Å². The summed E-state index contributed by atoms with van der Waals surface area (Å²) >= 11 is 0. The zero-order valence-electron chi connectivity index (χ0n) is 12.0. The van der Waals surface area contributed by atoms with E-state index in [0.29, 0.717) is 19.4 Å². The number of rotatable bonds is 5. The Kier molecular flexibility index (Phi) is 4.48. The second-order valence-corrected chi connectivity index (χ2v) is 5.58. The molecular weight excluding hydrogens is 238 g/mol. The summed E-state index contributed by atoms with van der Waals surface area (Å²) in [4.78, 5) is 0. The third-order valence-corrected chi connectivity index (χ3v) is 4.30. The molecule has 1 aromatic carbocycles. The third kappa shape index (κ3) is 3.28. The lowest BCUT2D eigenvalue weighted by Gasteiger charge is -2.26. The molecule has 1 aromatic rings. The highest BCUT2D eigenvalue weighted by atomic mass is 16.5. The van der Waals surface area contributed by atoms with Crippen molar-refractivity contribution in [2.75, 3.05) is 6.61 Å². The van der Waals surface area contributed by atoms with Crippen molar-refractivity contribution >= 4 is 0 Å². The minimum atomic E-state index is -0.716. The summed E-state index contributed by atoms with van der Waals surface area (Å²) in [5.74, 6) is 0.841. The molecule has 0 aliphatic heterocycles. The number of fused-ring (bicyclic) bond motifs is 1. The van der Waals surface area contributed by atoms with Crippen molar-refractivity contribution in [3.05, 3.63) is 29.3 Å². The number of ether oxygens (including phenoxy) is 1. The number of aliphatic hydroxyl groups is 1. The highest BCUT2D eigenvalue weighted by molar-refractivity contribution is 5.38. The second kappa shape index (κ2) is 5.93. The zero-order chi connectivity index (χ0) is 13.9. The first-order chi connectivity index (χ1) is 9.08. The molecule has 3 N–H and O–H groups in total. The summed E-state index contributed by atoms with van der Waals surface area (Å²) in [6, 6.07) is 6.29. The van der Waals surface area contributed by atoms with Gasteiger partial charge in [-0.05, 0) is 55.4 Å². The molecule has 0 saturated carbocycles. The Labute approximate surface area is 115 Å². The van der Waals surface area contributed by atoms with Crippen molar-refractivity contribution < 1.29 is 9.84 Å². The molecule has 0 heterocycles. The Bertz CT molecular complexity index is 427. The van der Waals surface area contributed by atoms with E-state index in [9.17, 15) is 5.11 Å². The molecule has 0 amide bonds. The molecular formula is C16H25NO2. The van der Waals surface area contributed by atoms with Crippen LogP contribution in [0.4, 0.5) is 0 Å². The quantitative estimate of drug-likeness (QED) is 0.858. The monoisotopic (exact) mass is 263 g/mol. The SMILES string of the molecule is CCC(O)(CC)COc1ccc2c(c1)CCCC2N. The summed E-state index contributed by atoms with van der Waals surface area (Å²) < 4.78 is 5.76. The lowest BCUT2D eigenvalue weighted by atomic mass is 9.88. The summed E-state index contributed by atoms with van der Waals surface area (Å²) in [5, 5.41) is 10.2. The van der Waals surface area contributed by atoms with E-state index in [0.717, 1.165) is 25.0 Å². The third-order valence-electron chi connectivity index (χ3n) is 4.30. The standard InChI is InChI=1S/C16H25NO2/c1-3-16(18,4-2)11-19-13-8-9-14-12(10-13)6-5-7-15(14)17/h8-10,15,18H,3-7,11,17H2,1-2H3. The first-order valence-electron chi connectivity index (χ1n) is 7.31. The molecule has 3 nitrogen and oxygen atoms in total. The van der Waals surface area contributed by atoms with Crippen LogP contribution in [-0.2, 0) is 6.42 Å². The van der Waals surface area contributed by atoms with Gasteiger partial charge in [0, 0.05) is 6.04 Å². The van der Waals surface area contributed by atoms with Gasteiger partial charge in [0.05, 0.1) is 5.60 Å². The fourth-order valence-corrected chi connectivity index (χ4v) is 2.59. The Balaban J connectivity index is 2.06. The van der Waals surface area contributed by atoms with E-state index in [-0.39, 0.29) is 6.04 Å². The van der Waals surface area contributed by atoms with Crippen LogP contribution in [0.1, 0.15) is 56.7 Å². The first kappa shape index (κ1) is 14.4. The van der Waals surface area contributed by atoms with Crippen LogP contribution in [0.15, 0.2) is 18.2 Å². The number of hydrogen-bond acceptors (Lipinski definition) is 3. The van der Waals surface area contributed by atoms with Gasteiger partial charge in [0.15, 0.2) is 0 Å². The molecule has 1 aliphatic rings. The molecule has 0 radical (unpaired) electrons. The Morgan fingerprint density at radius 3 is 2.79 bits per heavy atom. The molecule has 1 atom stereocenters. The maximum absolute atomic E-state index is 10.2. The number of benzene rings is 1. The van der Waals surface area contributed by atoms with Gasteiger partial charge in [-0.25, -0.2) is 0 Å². The molecule has 106 valence electrons. The van der Waals surface area contributed by atoms with E-state index in [1.54, 1.807) is 0 Å². The van der Waals surface area contributed by atoms with Gasteiger partial charge in [0.1, 0.15) is 12.4 Å². The van der Waals surface area contributed by atoms with Crippen molar-refractivity contribution in [2.45, 2.75) is 57.6 Å². The van der Waals surface area contributed by atoms with Gasteiger partial charge in [-0.2, -0.15) is 0 Å². The van der Waals surface area contributed by atoms with E-state index in [4.69, 9.17) is 10.5 Å². The van der Waals surface area contributed by atoms with Crippen molar-refractivity contribution in [2.24, 2.45) is 5.73 Å². The highest BCUT2D eigenvalue weighted by Crippen LogP contribution is 2.31. The molecule has 0 spiro atoms. The largest absolute Gasteiger partial charge is 0.491 e. The fourth-order valence-electron chi connectivity index (χ4n) is 2.59. The van der Waals surface area contributed by atoms with Gasteiger partial charge >= 0.3 is 0 Å². The molecule has 0 bridgehead atoms. The number of nitrogens with two attached hydrogens (primary N) is 1. The van der Waals surface area contributed by atoms with E-state index in [1.807, 2.05) is 19.9 Å². The highest BCUT2D eigenvalue weighted by Gasteiger charge is 2.23. The van der Waals surface area contributed by atoms with E-state index < -0.39 is 5.60 Å². The Hall–Kier alpha value is -1.06. The van der Waals surface area contributed by atoms with E-state index in [1.165, 1.54) is 11.1 Å². The topological polar surface area (TPSA) is 55.5 Å². The second-order valence-electron chi connectivity index (χ2n) is 5.58. The van der Waals surface area contributed by atoms with Crippen molar-refractivity contribution in [3.63, 3.8) is 0 Å². The van der Waals surface area contributed by atoms with Crippen LogP contribution in [0.2, 0.25) is 0 Å². The lowest BCUT2D eigenvalue weighted by molar-refractivity contribution is -0.0113. The van der Waals surface area contributed by atoms with Gasteiger partial charge in [-0.3, -0.25) is 0 Å². The van der Waals surface area contributed by atoms with Crippen LogP contribution in [0.3, 0.4) is 0 Å². The normalized spacial score (nSPS) is 19.1. The summed E-state index contributed by atoms with van der Waals surface area (Å²) in [7, 11) is 0. The van der Waals surface area contributed by atoms with Gasteiger partial charge in [0.25, 0.3) is 0 Å². The van der Waals surface area contributed by atoms with Crippen molar-refractivity contribution in [3.8, 4) is 5.75 Å². The van der Waals surface area contributed by atoms with Gasteiger partial charge in [-0.1, -0.05) is 19.9 Å². The van der Waals surface area contributed by atoms with Gasteiger partial charge in [0.2, 0.25) is 0 Å². The molecule has 3 heteroatoms. The maximum atomic E-state index is 10.2. The summed E-state index contributed by atoms with van der Waals surface area (Å²) in [5.41, 5.74) is 7.93. The summed E-state index contributed by atoms with van der Waals surface area (Å²) in [6.07, 6.45) is 4.70. The van der Waals surface area contributed by atoms with Crippen LogP contribution in [0.5, 0.6) is 5.75 Å². The smallest absolute Gasteiger partial charge is 0.119 e. The molecule has 0 saturated heterocycles. The van der Waals surface area contributed by atoms with Gasteiger partial charge in [-0.15, -0.1) is 0 Å². The number of hydrogen-bond donors (Lipinski definition) is 2. The van der Waals surface area contributed by atoms with Crippen LogP contribution in [0, 0.1) is 0 Å². The Morgan fingerprint density at radius 1 is 1.37 bits per heavy atom. The van der Waals surface area contributed by atoms with E-state index in [2.05, 4.69) is 12.1 Å². The van der Waals surface area contributed by atoms with Gasteiger partial charge < -0.3 is 15.6 Å². The predicted octanol–water partition coefficient (Wildman–Crippen LogP) is 2.95. The number of aryl methyl sites for hydroxylation is 1. The minimum Gasteiger partial charge on any atom is -0.491 e. The zero-order valence-corrected chi connectivity index (χ0v) is 12.0. The van der Waals surface area contributed by atoms with Crippen molar-refractivity contribution in [1.82, 2.24) is 0 Å². The van der Waals surface area contributed by atoms with Crippen LogP contribution in [0.25, 0.3) is 0 Å². The van der Waals surface area contributed by atoms with E-state index >= 15 is 0 Å². The maximum Gasteiger partial charge on any atom is 0.119 e. The van der Waals surface area contributed by atoms with Crippen LogP contribution >= 0.6 is 0 Å². The molecule has 0 aromatic heterocycles. The average Bonchev–Trinajstić information content (AvgIpc) is 2.45. The molecule has 2 rings (SSSR count). The summed E-state index contributed by atoms with van der Waals surface area (Å²) in [6.45, 7) is 4.32. The molecule has 1 unspecified atom stereocenters. The molecule has 19 heavy (non-hydrogen) atoms. The minimum absolute atomic E-state index is 0.168. The Morgan fingerprint density at radius 2 is 2.11 bits per heavy atom. The van der Waals surface area contributed by atoms with Crippen molar-refractivity contribution in [1.29, 1.82) is 0 Å². The molecule has 0 fully saturated rings. The fraction of sp³-hybridized carbons (Fsp3) is 0.625. The van der Waals surface area contributed by atoms with Crippen LogP contribution < -0.4 is 10.5 Å².